The molecule has 11 nitrogen and oxygen atoms in total. The van der Waals surface area contributed by atoms with Gasteiger partial charge in [0.2, 0.25) is 11.7 Å². The van der Waals surface area contributed by atoms with Gasteiger partial charge in [-0.25, -0.2) is 4.79 Å². The predicted octanol–water partition coefficient (Wildman–Crippen LogP) is 2.42. The zero-order valence-corrected chi connectivity index (χ0v) is 25.7. The van der Waals surface area contributed by atoms with Gasteiger partial charge in [0.25, 0.3) is 0 Å². The quantitative estimate of drug-likeness (QED) is 0.242. The third-order valence-corrected chi connectivity index (χ3v) is 11.5. The third kappa shape index (κ3) is 5.86. The minimum atomic E-state index is -1.80. The van der Waals surface area contributed by atoms with Crippen molar-refractivity contribution in [2.75, 3.05) is 6.61 Å². The monoisotopic (exact) mass is 625 g/mol. The van der Waals surface area contributed by atoms with Gasteiger partial charge in [-0.3, -0.25) is 19.2 Å². The van der Waals surface area contributed by atoms with Crippen LogP contribution in [0.2, 0.25) is 0 Å². The smallest absolute Gasteiger partial charge is 0.329 e. The molecule has 11 heteroatoms. The fourth-order valence-electron chi connectivity index (χ4n) is 9.07. The molecule has 1 amide bonds. The predicted molar refractivity (Wildman–Crippen MR) is 159 cm³/mol. The second kappa shape index (κ2) is 12.4. The van der Waals surface area contributed by atoms with Gasteiger partial charge in [-0.2, -0.15) is 0 Å². The first kappa shape index (κ1) is 33.0. The molecule has 9 atom stereocenters. The summed E-state index contributed by atoms with van der Waals surface area (Å²) in [6.45, 7) is 3.28. The zero-order valence-electron chi connectivity index (χ0n) is 25.7. The lowest BCUT2D eigenvalue weighted by molar-refractivity contribution is -0.184. The van der Waals surface area contributed by atoms with E-state index in [9.17, 15) is 44.4 Å². The lowest BCUT2D eigenvalue weighted by Gasteiger charge is -2.60. The Morgan fingerprint density at radius 1 is 1.04 bits per heavy atom. The molecule has 0 aromatic heterocycles. The van der Waals surface area contributed by atoms with Crippen molar-refractivity contribution in [1.29, 1.82) is 0 Å². The number of benzene rings is 1. The molecule has 5 N–H and O–H groups in total. The number of allylic oxidation sites excluding steroid dienone is 1. The van der Waals surface area contributed by atoms with E-state index in [1.807, 2.05) is 6.92 Å². The standard InChI is InChI=1S/C34H43NO10/c1-32-14-12-21(36)16-20(32)8-9-22-23-13-15-34(44,33(23,2)17-24(37)28(22)32)25(38)18-45-27(40)11-10-26(39)35-29(31(42)43)30(41)19-6-4-3-5-7-19/h3-7,16,22-24,28-30,37,41,44H,8-15,17-18H2,1-2H3,(H,35,39)(H,42,43)/t22-,23+,24+,28+,29+,30+,32+,33+,34+/m1/s1. The van der Waals surface area contributed by atoms with Crippen LogP contribution in [0.25, 0.3) is 0 Å². The normalized spacial score (nSPS) is 35.1. The van der Waals surface area contributed by atoms with Gasteiger partial charge >= 0.3 is 11.9 Å². The van der Waals surface area contributed by atoms with Gasteiger partial charge in [-0.15, -0.1) is 0 Å². The van der Waals surface area contributed by atoms with Gasteiger partial charge in [0.1, 0.15) is 11.7 Å². The zero-order chi connectivity index (χ0) is 32.7. The number of aliphatic hydroxyl groups is 3. The Labute approximate surface area is 262 Å². The molecule has 3 fully saturated rings. The molecule has 0 bridgehead atoms. The number of carbonyl (C=O) groups excluding carboxylic acids is 4. The Morgan fingerprint density at radius 3 is 2.44 bits per heavy atom. The number of ketones is 2. The summed E-state index contributed by atoms with van der Waals surface area (Å²) in [6, 6.07) is 6.35. The lowest BCUT2D eigenvalue weighted by atomic mass is 9.45. The highest BCUT2D eigenvalue weighted by Crippen LogP contribution is 2.67. The van der Waals surface area contributed by atoms with Crippen molar-refractivity contribution in [3.8, 4) is 0 Å². The van der Waals surface area contributed by atoms with E-state index in [2.05, 4.69) is 12.2 Å². The summed E-state index contributed by atoms with van der Waals surface area (Å²) < 4.78 is 5.16. The molecule has 0 unspecified atom stereocenters. The van der Waals surface area contributed by atoms with Gasteiger partial charge in [0.05, 0.1) is 12.5 Å². The molecule has 4 aliphatic rings. The molecule has 1 aromatic rings. The fraction of sp³-hybridized carbons (Fsp3) is 0.618. The van der Waals surface area contributed by atoms with E-state index in [0.717, 1.165) is 18.4 Å². The van der Waals surface area contributed by atoms with Crippen molar-refractivity contribution in [2.24, 2.45) is 28.6 Å². The molecule has 0 saturated heterocycles. The molecule has 0 heterocycles. The van der Waals surface area contributed by atoms with Crippen molar-refractivity contribution in [1.82, 2.24) is 5.32 Å². The Hall–Kier alpha value is -3.41. The molecule has 5 rings (SSSR count). The topological polar surface area (TPSA) is 188 Å². The molecule has 244 valence electrons. The largest absolute Gasteiger partial charge is 0.480 e. The van der Waals surface area contributed by atoms with E-state index in [-0.39, 0.29) is 41.8 Å². The number of ether oxygens (including phenoxy) is 1. The number of fused-ring (bicyclic) bond motifs is 5. The van der Waals surface area contributed by atoms with Gasteiger partial charge in [-0.1, -0.05) is 49.8 Å². The Morgan fingerprint density at radius 2 is 1.76 bits per heavy atom. The molecule has 0 aliphatic heterocycles. The number of carbonyl (C=O) groups is 5. The first-order valence-corrected chi connectivity index (χ1v) is 15.8. The Balaban J connectivity index is 1.17. The summed E-state index contributed by atoms with van der Waals surface area (Å²) in [5.74, 6) is -3.66. The van der Waals surface area contributed by atoms with Crippen LogP contribution in [-0.4, -0.2) is 74.2 Å². The van der Waals surface area contributed by atoms with Crippen LogP contribution in [0.3, 0.4) is 0 Å². The fourth-order valence-corrected chi connectivity index (χ4v) is 9.07. The van der Waals surface area contributed by atoms with Crippen LogP contribution in [0.5, 0.6) is 0 Å². The van der Waals surface area contributed by atoms with Gasteiger partial charge in [0, 0.05) is 18.3 Å². The third-order valence-electron chi connectivity index (χ3n) is 11.5. The van der Waals surface area contributed by atoms with Crippen molar-refractivity contribution < 1.29 is 49.1 Å². The number of hydrogen-bond acceptors (Lipinski definition) is 9. The lowest BCUT2D eigenvalue weighted by Crippen LogP contribution is -2.62. The van der Waals surface area contributed by atoms with E-state index in [1.54, 1.807) is 24.3 Å². The SMILES string of the molecule is C[C@]12CCC(=O)C=C1CC[C@H]1[C@H]2[C@@H](O)C[C@@]2(C)[C@H]1CC[C@]2(O)C(=O)COC(=O)CCC(=O)N[C@H](C(=O)O)[C@@H](O)c1ccccc1. The highest BCUT2D eigenvalue weighted by atomic mass is 16.5. The summed E-state index contributed by atoms with van der Waals surface area (Å²) in [6.07, 6.45) is 2.23. The van der Waals surface area contributed by atoms with Crippen LogP contribution in [-0.2, 0) is 28.7 Å². The summed E-state index contributed by atoms with van der Waals surface area (Å²) >= 11 is 0. The van der Waals surface area contributed by atoms with Crippen LogP contribution < -0.4 is 5.32 Å². The van der Waals surface area contributed by atoms with Crippen molar-refractivity contribution in [3.05, 3.63) is 47.5 Å². The average Bonchev–Trinajstić information content (AvgIpc) is 3.28. The van der Waals surface area contributed by atoms with Crippen LogP contribution in [0, 0.1) is 28.6 Å². The van der Waals surface area contributed by atoms with E-state index < -0.39 is 72.3 Å². The molecule has 45 heavy (non-hydrogen) atoms. The Kier molecular flexibility index (Phi) is 9.09. The number of esters is 1. The first-order chi connectivity index (χ1) is 21.2. The number of amides is 1. The van der Waals surface area contributed by atoms with Gasteiger partial charge in [0.15, 0.2) is 18.4 Å². The van der Waals surface area contributed by atoms with Crippen LogP contribution in [0.4, 0.5) is 0 Å². The highest BCUT2D eigenvalue weighted by molar-refractivity contribution is 5.92. The van der Waals surface area contributed by atoms with Crippen LogP contribution in [0.15, 0.2) is 42.0 Å². The van der Waals surface area contributed by atoms with Gasteiger partial charge < -0.3 is 30.5 Å². The Bertz CT molecular complexity index is 1390. The van der Waals surface area contributed by atoms with E-state index >= 15 is 0 Å². The minimum Gasteiger partial charge on any atom is -0.480 e. The number of aliphatic hydroxyl groups excluding tert-OH is 2. The summed E-state index contributed by atoms with van der Waals surface area (Å²) in [5.41, 5.74) is -1.63. The van der Waals surface area contributed by atoms with Crippen molar-refractivity contribution in [3.63, 3.8) is 0 Å². The molecule has 3 saturated carbocycles. The van der Waals surface area contributed by atoms with E-state index in [0.29, 0.717) is 24.8 Å². The number of hydrogen-bond donors (Lipinski definition) is 5. The molecule has 0 radical (unpaired) electrons. The summed E-state index contributed by atoms with van der Waals surface area (Å²) in [4.78, 5) is 62.2. The van der Waals surface area contributed by atoms with Crippen LogP contribution >= 0.6 is 0 Å². The van der Waals surface area contributed by atoms with Crippen LogP contribution in [0.1, 0.15) is 83.3 Å². The maximum absolute atomic E-state index is 13.5. The van der Waals surface area contributed by atoms with Crippen molar-refractivity contribution in [2.45, 2.75) is 95.5 Å². The highest BCUT2D eigenvalue weighted by Gasteiger charge is 2.68. The second-order valence-electron chi connectivity index (χ2n) is 13.8. The van der Waals surface area contributed by atoms with Crippen molar-refractivity contribution >= 4 is 29.4 Å². The van der Waals surface area contributed by atoms with E-state index in [4.69, 9.17) is 4.74 Å². The van der Waals surface area contributed by atoms with Gasteiger partial charge in [-0.05, 0) is 73.3 Å². The number of carboxylic acids is 1. The average molecular weight is 626 g/mol. The number of aliphatic carboxylic acids is 1. The minimum absolute atomic E-state index is 0.0244. The van der Waals surface area contributed by atoms with E-state index in [1.165, 1.54) is 12.1 Å². The maximum Gasteiger partial charge on any atom is 0.329 e. The number of Topliss-reactive ketones (excluding diaryl/α,β-unsaturated/α-hetero) is 1. The number of carboxylic acid groups (broad SMARTS) is 1. The summed E-state index contributed by atoms with van der Waals surface area (Å²) in [7, 11) is 0. The molecule has 1 aromatic carbocycles. The summed E-state index contributed by atoms with van der Waals surface area (Å²) in [5, 5.41) is 45.5. The second-order valence-corrected chi connectivity index (χ2v) is 13.8. The maximum atomic E-state index is 13.5. The number of rotatable bonds is 10. The molecule has 0 spiro atoms. The number of nitrogens with one attached hydrogen (secondary N) is 1. The molecular formula is C34H43NO10. The molecular weight excluding hydrogens is 582 g/mol. The molecule has 4 aliphatic carbocycles. The first-order valence-electron chi connectivity index (χ1n) is 15.8.